The highest BCUT2D eigenvalue weighted by Crippen LogP contribution is 2.17. The first-order chi connectivity index (χ1) is 11.8. The number of hydrogen-bond donors (Lipinski definition) is 3. The van der Waals surface area contributed by atoms with Crippen LogP contribution in [0, 0.1) is 0 Å². The maximum absolute atomic E-state index is 12.6. The number of nitrogens with one attached hydrogen (secondary N) is 2. The number of carbonyl (C=O) groups excluding carboxylic acids is 4. The smallest absolute Gasteiger partial charge is 0.247 e. The van der Waals surface area contributed by atoms with Crippen LogP contribution in [0.4, 0.5) is 0 Å². The van der Waals surface area contributed by atoms with Gasteiger partial charge >= 0.3 is 0 Å². The van der Waals surface area contributed by atoms with Crippen LogP contribution in [0.2, 0.25) is 0 Å². The molecule has 0 aliphatic carbocycles. The molecule has 140 valence electrons. The molecule has 2 fully saturated rings. The van der Waals surface area contributed by atoms with Crippen molar-refractivity contribution in [2.24, 2.45) is 0 Å². The number of piperidine rings is 1. The third kappa shape index (κ3) is 4.68. The van der Waals surface area contributed by atoms with Gasteiger partial charge in [0, 0.05) is 39.0 Å². The summed E-state index contributed by atoms with van der Waals surface area (Å²) in [5, 5.41) is 14.5. The molecule has 0 aromatic rings. The van der Waals surface area contributed by atoms with Gasteiger partial charge in [0.15, 0.2) is 0 Å². The van der Waals surface area contributed by atoms with E-state index in [0.29, 0.717) is 13.1 Å². The first-order valence-electron chi connectivity index (χ1n) is 8.58. The van der Waals surface area contributed by atoms with E-state index in [1.54, 1.807) is 11.9 Å². The fourth-order valence-corrected chi connectivity index (χ4v) is 3.16. The molecule has 3 atom stereocenters. The molecule has 9 heteroatoms. The molecular weight excluding hydrogens is 328 g/mol. The van der Waals surface area contributed by atoms with Crippen molar-refractivity contribution in [1.29, 1.82) is 0 Å². The second-order valence-corrected chi connectivity index (χ2v) is 6.62. The number of rotatable bonds is 1. The summed E-state index contributed by atoms with van der Waals surface area (Å²) in [5.74, 6) is -1.49. The zero-order valence-corrected chi connectivity index (χ0v) is 14.7. The lowest BCUT2D eigenvalue weighted by Gasteiger charge is -2.39. The van der Waals surface area contributed by atoms with Crippen molar-refractivity contribution in [3.05, 3.63) is 0 Å². The van der Waals surface area contributed by atoms with E-state index < -0.39 is 36.4 Å². The Labute approximate surface area is 146 Å². The second-order valence-electron chi connectivity index (χ2n) is 6.62. The van der Waals surface area contributed by atoms with Crippen molar-refractivity contribution >= 4 is 23.6 Å². The number of likely N-dealkylation sites (N-methyl/N-ethyl adjacent to an activating group) is 1. The molecule has 2 aliphatic heterocycles. The monoisotopic (exact) mass is 354 g/mol. The number of fused-ring (bicyclic) bond motifs is 2. The van der Waals surface area contributed by atoms with Crippen molar-refractivity contribution in [1.82, 2.24) is 20.4 Å². The summed E-state index contributed by atoms with van der Waals surface area (Å²) in [7, 11) is 1.62. The molecular formula is C16H26N4O5. The SMILES string of the molecule is CC1NC(=O)CCC(=O)N2CCCC(C2)N(C)C(=O)C(CO)NC1=O. The van der Waals surface area contributed by atoms with E-state index >= 15 is 0 Å². The summed E-state index contributed by atoms with van der Waals surface area (Å²) in [6.07, 6.45) is 1.59. The van der Waals surface area contributed by atoms with E-state index in [1.165, 1.54) is 11.8 Å². The molecule has 2 bridgehead atoms. The predicted molar refractivity (Wildman–Crippen MR) is 88.2 cm³/mol. The van der Waals surface area contributed by atoms with E-state index in [2.05, 4.69) is 10.6 Å². The minimum atomic E-state index is -1.08. The highest BCUT2D eigenvalue weighted by atomic mass is 16.3. The van der Waals surface area contributed by atoms with Gasteiger partial charge in [-0.3, -0.25) is 19.2 Å². The van der Waals surface area contributed by atoms with Gasteiger partial charge in [-0.15, -0.1) is 0 Å². The van der Waals surface area contributed by atoms with Gasteiger partial charge < -0.3 is 25.5 Å². The molecule has 0 aromatic carbocycles. The Morgan fingerprint density at radius 1 is 1.16 bits per heavy atom. The summed E-state index contributed by atoms with van der Waals surface area (Å²) in [5.41, 5.74) is 0. The lowest BCUT2D eigenvalue weighted by atomic mass is 10.0. The summed E-state index contributed by atoms with van der Waals surface area (Å²) >= 11 is 0. The lowest BCUT2D eigenvalue weighted by molar-refractivity contribution is -0.143. The van der Waals surface area contributed by atoms with Gasteiger partial charge in [-0.05, 0) is 19.8 Å². The van der Waals surface area contributed by atoms with Gasteiger partial charge in [0.1, 0.15) is 12.1 Å². The van der Waals surface area contributed by atoms with Gasteiger partial charge in [0.2, 0.25) is 23.6 Å². The molecule has 0 radical (unpaired) electrons. The zero-order chi connectivity index (χ0) is 18.6. The Morgan fingerprint density at radius 2 is 1.88 bits per heavy atom. The average Bonchev–Trinajstić information content (AvgIpc) is 2.62. The fraction of sp³-hybridized carbons (Fsp3) is 0.750. The standard InChI is InChI=1S/C16H26N4O5/c1-10-15(24)18-12(9-21)16(25)19(2)11-4-3-7-20(8-11)14(23)6-5-13(22)17-10/h10-12,21H,3-9H2,1-2H3,(H,17,22)(H,18,24). The number of aliphatic hydroxyl groups excluding tert-OH is 1. The van der Waals surface area contributed by atoms with E-state index in [1.807, 2.05) is 0 Å². The predicted octanol–water partition coefficient (Wildman–Crippen LogP) is -1.79. The van der Waals surface area contributed by atoms with Crippen molar-refractivity contribution in [2.45, 2.75) is 50.7 Å². The summed E-state index contributed by atoms with van der Waals surface area (Å²) in [6.45, 7) is 1.95. The molecule has 2 rings (SSSR count). The number of carbonyl (C=O) groups is 4. The maximum atomic E-state index is 12.6. The molecule has 3 N–H and O–H groups in total. The topological polar surface area (TPSA) is 119 Å². The van der Waals surface area contributed by atoms with Crippen molar-refractivity contribution < 1.29 is 24.3 Å². The Kier molecular flexibility index (Phi) is 6.35. The van der Waals surface area contributed by atoms with Crippen LogP contribution in [0.25, 0.3) is 0 Å². The fourth-order valence-electron chi connectivity index (χ4n) is 3.16. The van der Waals surface area contributed by atoms with Crippen LogP contribution in [0.15, 0.2) is 0 Å². The summed E-state index contributed by atoms with van der Waals surface area (Å²) in [4.78, 5) is 52.1. The van der Waals surface area contributed by atoms with Crippen molar-refractivity contribution in [3.63, 3.8) is 0 Å². The molecule has 0 aromatic heterocycles. The second kappa shape index (κ2) is 8.28. The number of hydrogen-bond acceptors (Lipinski definition) is 5. The van der Waals surface area contributed by atoms with Crippen molar-refractivity contribution in [2.75, 3.05) is 26.7 Å². The molecule has 2 saturated heterocycles. The van der Waals surface area contributed by atoms with Gasteiger partial charge in [-0.1, -0.05) is 0 Å². The highest BCUT2D eigenvalue weighted by molar-refractivity contribution is 5.92. The lowest BCUT2D eigenvalue weighted by Crippen LogP contribution is -2.58. The van der Waals surface area contributed by atoms with Crippen molar-refractivity contribution in [3.8, 4) is 0 Å². The number of nitrogens with zero attached hydrogens (tertiary/aromatic N) is 2. The van der Waals surface area contributed by atoms with Crippen LogP contribution in [-0.4, -0.2) is 83.4 Å². The Morgan fingerprint density at radius 3 is 2.56 bits per heavy atom. The van der Waals surface area contributed by atoms with Crippen LogP contribution in [-0.2, 0) is 19.2 Å². The first-order valence-corrected chi connectivity index (χ1v) is 8.58. The number of aliphatic hydroxyl groups is 1. The van der Waals surface area contributed by atoms with Crippen LogP contribution in [0.5, 0.6) is 0 Å². The molecule has 9 nitrogen and oxygen atoms in total. The largest absolute Gasteiger partial charge is 0.394 e. The quantitative estimate of drug-likeness (QED) is 0.514. The Bertz CT molecular complexity index is 553. The van der Waals surface area contributed by atoms with E-state index in [9.17, 15) is 24.3 Å². The zero-order valence-electron chi connectivity index (χ0n) is 14.7. The molecule has 2 heterocycles. The third-order valence-corrected chi connectivity index (χ3v) is 4.78. The van der Waals surface area contributed by atoms with Gasteiger partial charge in [-0.2, -0.15) is 0 Å². The highest BCUT2D eigenvalue weighted by Gasteiger charge is 2.33. The first kappa shape index (κ1) is 19.2. The van der Waals surface area contributed by atoms with Crippen LogP contribution >= 0.6 is 0 Å². The van der Waals surface area contributed by atoms with Gasteiger partial charge in [0.25, 0.3) is 0 Å². The van der Waals surface area contributed by atoms with E-state index in [0.717, 1.165) is 12.8 Å². The Balaban J connectivity index is 2.22. The molecule has 2 aliphatic rings. The minimum Gasteiger partial charge on any atom is -0.394 e. The van der Waals surface area contributed by atoms with Crippen LogP contribution in [0.3, 0.4) is 0 Å². The van der Waals surface area contributed by atoms with E-state index in [4.69, 9.17) is 0 Å². The Hall–Kier alpha value is -2.16. The molecule has 4 amide bonds. The van der Waals surface area contributed by atoms with Crippen LogP contribution < -0.4 is 10.6 Å². The summed E-state index contributed by atoms with van der Waals surface area (Å²) < 4.78 is 0. The molecule has 3 unspecified atom stereocenters. The minimum absolute atomic E-state index is 0.00974. The average molecular weight is 354 g/mol. The van der Waals surface area contributed by atoms with Gasteiger partial charge in [-0.25, -0.2) is 0 Å². The summed E-state index contributed by atoms with van der Waals surface area (Å²) in [6, 6.07) is -2.12. The van der Waals surface area contributed by atoms with Crippen LogP contribution in [0.1, 0.15) is 32.6 Å². The van der Waals surface area contributed by atoms with Gasteiger partial charge in [0.05, 0.1) is 6.61 Å². The maximum Gasteiger partial charge on any atom is 0.247 e. The molecule has 0 saturated carbocycles. The molecule has 0 spiro atoms. The normalized spacial score (nSPS) is 29.8. The van der Waals surface area contributed by atoms with E-state index in [-0.39, 0.29) is 24.8 Å². The third-order valence-electron chi connectivity index (χ3n) is 4.78. The number of amides is 4. The molecule has 25 heavy (non-hydrogen) atoms.